The second-order valence-corrected chi connectivity index (χ2v) is 6.13. The Kier molecular flexibility index (Phi) is 8.33. The molecule has 3 N–H and O–H groups in total. The Morgan fingerprint density at radius 1 is 1.16 bits per heavy atom. The van der Waals surface area contributed by atoms with Crippen molar-refractivity contribution in [3.63, 3.8) is 0 Å². The van der Waals surface area contributed by atoms with Gasteiger partial charge in [0.15, 0.2) is 0 Å². The first kappa shape index (κ1) is 18.8. The molecule has 0 unspecified atom stereocenters. The second-order valence-electron chi connectivity index (χ2n) is 6.13. The summed E-state index contributed by atoms with van der Waals surface area (Å²) in [5.41, 5.74) is 0.685. The maximum Gasteiger partial charge on any atom is 0.315 e. The van der Waals surface area contributed by atoms with Crippen LogP contribution in [0.25, 0.3) is 0 Å². The Labute approximate surface area is 149 Å². The van der Waals surface area contributed by atoms with Crippen LogP contribution >= 0.6 is 0 Å². The van der Waals surface area contributed by atoms with Gasteiger partial charge < -0.3 is 16.0 Å². The molecule has 0 atom stereocenters. The van der Waals surface area contributed by atoms with Gasteiger partial charge in [-0.05, 0) is 37.3 Å². The van der Waals surface area contributed by atoms with Crippen LogP contribution in [0.3, 0.4) is 0 Å². The van der Waals surface area contributed by atoms with E-state index in [1.807, 2.05) is 18.2 Å². The molecule has 1 fully saturated rings. The summed E-state index contributed by atoms with van der Waals surface area (Å²) in [6.07, 6.45) is 8.43. The van der Waals surface area contributed by atoms with E-state index in [1.54, 1.807) is 6.20 Å². The van der Waals surface area contributed by atoms with Crippen molar-refractivity contribution in [2.45, 2.75) is 51.0 Å². The van der Waals surface area contributed by atoms with E-state index in [0.717, 1.165) is 12.8 Å². The van der Waals surface area contributed by atoms with E-state index >= 15 is 0 Å². The normalized spacial score (nSPS) is 14.1. The minimum atomic E-state index is -0.131. The molecule has 1 aliphatic rings. The van der Waals surface area contributed by atoms with Gasteiger partial charge in [0.05, 0.1) is 6.54 Å². The van der Waals surface area contributed by atoms with Crippen molar-refractivity contribution in [2.75, 3.05) is 13.1 Å². The SMILES string of the molecule is O=C(CCCNC(=O)NC1CCCCC1)NCC#Cc1ccccn1. The van der Waals surface area contributed by atoms with Crippen LogP contribution in [0.15, 0.2) is 24.4 Å². The third kappa shape index (κ3) is 8.20. The molecule has 134 valence electrons. The largest absolute Gasteiger partial charge is 0.345 e. The number of nitrogens with one attached hydrogen (secondary N) is 3. The van der Waals surface area contributed by atoms with Crippen LogP contribution in [0.5, 0.6) is 0 Å². The summed E-state index contributed by atoms with van der Waals surface area (Å²) < 4.78 is 0. The average Bonchev–Trinajstić information content (AvgIpc) is 2.64. The van der Waals surface area contributed by atoms with Crippen LogP contribution in [-0.2, 0) is 4.79 Å². The highest BCUT2D eigenvalue weighted by Gasteiger charge is 2.15. The lowest BCUT2D eigenvalue weighted by Gasteiger charge is -2.22. The molecule has 1 aromatic rings. The van der Waals surface area contributed by atoms with E-state index in [0.29, 0.717) is 37.7 Å². The van der Waals surface area contributed by atoms with Crippen LogP contribution < -0.4 is 16.0 Å². The fraction of sp³-hybridized carbons (Fsp3) is 0.526. The predicted molar refractivity (Wildman–Crippen MR) is 96.8 cm³/mol. The van der Waals surface area contributed by atoms with Crippen molar-refractivity contribution >= 4 is 11.9 Å². The fourth-order valence-corrected chi connectivity index (χ4v) is 2.74. The molecule has 0 bridgehead atoms. The number of amides is 3. The Morgan fingerprint density at radius 3 is 2.76 bits per heavy atom. The summed E-state index contributed by atoms with van der Waals surface area (Å²) in [7, 11) is 0. The van der Waals surface area contributed by atoms with Gasteiger partial charge in [-0.2, -0.15) is 0 Å². The molecule has 1 heterocycles. The van der Waals surface area contributed by atoms with Gasteiger partial charge in [-0.3, -0.25) is 4.79 Å². The van der Waals surface area contributed by atoms with Crippen LogP contribution in [0.1, 0.15) is 50.6 Å². The van der Waals surface area contributed by atoms with Gasteiger partial charge in [-0.1, -0.05) is 31.2 Å². The van der Waals surface area contributed by atoms with E-state index in [9.17, 15) is 9.59 Å². The number of pyridine rings is 1. The van der Waals surface area contributed by atoms with E-state index < -0.39 is 0 Å². The molecular formula is C19H26N4O2. The highest BCUT2D eigenvalue weighted by Crippen LogP contribution is 2.17. The summed E-state index contributed by atoms with van der Waals surface area (Å²) in [4.78, 5) is 27.5. The fourth-order valence-electron chi connectivity index (χ4n) is 2.74. The molecule has 6 nitrogen and oxygen atoms in total. The van der Waals surface area contributed by atoms with Crippen molar-refractivity contribution in [1.82, 2.24) is 20.9 Å². The van der Waals surface area contributed by atoms with Gasteiger partial charge in [-0.25, -0.2) is 9.78 Å². The van der Waals surface area contributed by atoms with Gasteiger partial charge in [0.2, 0.25) is 5.91 Å². The third-order valence-corrected chi connectivity index (χ3v) is 4.06. The molecule has 1 aliphatic carbocycles. The zero-order chi connectivity index (χ0) is 17.7. The average molecular weight is 342 g/mol. The van der Waals surface area contributed by atoms with Gasteiger partial charge in [0.1, 0.15) is 5.69 Å². The minimum absolute atomic E-state index is 0.0650. The maximum absolute atomic E-state index is 11.8. The molecule has 0 saturated heterocycles. The lowest BCUT2D eigenvalue weighted by atomic mass is 9.96. The molecule has 6 heteroatoms. The molecular weight excluding hydrogens is 316 g/mol. The lowest BCUT2D eigenvalue weighted by Crippen LogP contribution is -2.43. The first-order valence-electron chi connectivity index (χ1n) is 8.95. The quantitative estimate of drug-likeness (QED) is 0.546. The number of hydrogen-bond donors (Lipinski definition) is 3. The van der Waals surface area contributed by atoms with E-state index in [-0.39, 0.29) is 11.9 Å². The zero-order valence-electron chi connectivity index (χ0n) is 14.5. The topological polar surface area (TPSA) is 83.1 Å². The smallest absolute Gasteiger partial charge is 0.315 e. The molecule has 0 radical (unpaired) electrons. The van der Waals surface area contributed by atoms with Crippen molar-refractivity contribution in [1.29, 1.82) is 0 Å². The number of carbonyl (C=O) groups excluding carboxylic acids is 2. The van der Waals surface area contributed by atoms with Crippen LogP contribution in [0, 0.1) is 11.8 Å². The molecule has 3 amide bonds. The third-order valence-electron chi connectivity index (χ3n) is 4.06. The molecule has 0 spiro atoms. The molecule has 0 aromatic carbocycles. The number of urea groups is 1. The van der Waals surface area contributed by atoms with Crippen molar-refractivity contribution in [3.05, 3.63) is 30.1 Å². The van der Waals surface area contributed by atoms with Gasteiger partial charge >= 0.3 is 6.03 Å². The summed E-state index contributed by atoms with van der Waals surface area (Å²) in [6.45, 7) is 0.788. The first-order chi connectivity index (χ1) is 12.2. The second kappa shape index (κ2) is 11.1. The number of aromatic nitrogens is 1. The summed E-state index contributed by atoms with van der Waals surface area (Å²) in [5, 5.41) is 8.54. The number of hydrogen-bond acceptors (Lipinski definition) is 3. The standard InChI is InChI=1S/C19H26N4O2/c24-18(21-14-6-11-16-8-4-5-13-20-16)12-7-15-22-19(25)23-17-9-2-1-3-10-17/h4-5,8,13,17H,1-3,7,9-10,12,14-15H2,(H,21,24)(H2,22,23,25). The zero-order valence-corrected chi connectivity index (χ0v) is 14.5. The molecule has 2 rings (SSSR count). The van der Waals surface area contributed by atoms with Gasteiger partial charge in [0, 0.05) is 25.2 Å². The van der Waals surface area contributed by atoms with Crippen LogP contribution in [0.4, 0.5) is 4.79 Å². The molecule has 0 aliphatic heterocycles. The predicted octanol–water partition coefficient (Wildman–Crippen LogP) is 1.96. The molecule has 1 saturated carbocycles. The minimum Gasteiger partial charge on any atom is -0.345 e. The van der Waals surface area contributed by atoms with Crippen molar-refractivity contribution < 1.29 is 9.59 Å². The maximum atomic E-state index is 11.8. The molecule has 25 heavy (non-hydrogen) atoms. The Morgan fingerprint density at radius 2 is 2.00 bits per heavy atom. The van der Waals surface area contributed by atoms with E-state index in [2.05, 4.69) is 32.8 Å². The van der Waals surface area contributed by atoms with E-state index in [1.165, 1.54) is 19.3 Å². The van der Waals surface area contributed by atoms with Crippen molar-refractivity contribution in [3.8, 4) is 11.8 Å². The first-order valence-corrected chi connectivity index (χ1v) is 8.95. The summed E-state index contributed by atoms with van der Waals surface area (Å²) in [6, 6.07) is 5.69. The summed E-state index contributed by atoms with van der Waals surface area (Å²) in [5.74, 6) is 5.68. The highest BCUT2D eigenvalue weighted by molar-refractivity contribution is 5.76. The lowest BCUT2D eigenvalue weighted by molar-refractivity contribution is -0.120. The Bertz CT molecular complexity index is 601. The van der Waals surface area contributed by atoms with Gasteiger partial charge in [0.25, 0.3) is 0 Å². The van der Waals surface area contributed by atoms with Crippen LogP contribution in [0.2, 0.25) is 0 Å². The molecule has 1 aromatic heterocycles. The van der Waals surface area contributed by atoms with E-state index in [4.69, 9.17) is 0 Å². The Balaban J connectivity index is 1.50. The van der Waals surface area contributed by atoms with Crippen molar-refractivity contribution in [2.24, 2.45) is 0 Å². The Hall–Kier alpha value is -2.55. The van der Waals surface area contributed by atoms with Gasteiger partial charge in [-0.15, -0.1) is 0 Å². The number of nitrogens with zero attached hydrogens (tertiary/aromatic N) is 1. The summed E-state index contributed by atoms with van der Waals surface area (Å²) >= 11 is 0. The highest BCUT2D eigenvalue weighted by atomic mass is 16.2. The van der Waals surface area contributed by atoms with Crippen LogP contribution in [-0.4, -0.2) is 36.1 Å². The monoisotopic (exact) mass is 342 g/mol. The number of rotatable bonds is 6. The number of carbonyl (C=O) groups is 2.